The predicted octanol–water partition coefficient (Wildman–Crippen LogP) is 4.93. The largest absolute Gasteiger partial charge is 0.482 e. The molecule has 0 N–H and O–H groups in total. The Bertz CT molecular complexity index is 1550. The molecule has 3 heterocycles. The zero-order valence-corrected chi connectivity index (χ0v) is 20.8. The molecule has 4 aromatic rings. The molecule has 0 saturated carbocycles. The molecule has 1 aliphatic heterocycles. The van der Waals surface area contributed by atoms with E-state index in [4.69, 9.17) is 4.74 Å². The van der Waals surface area contributed by atoms with Crippen LogP contribution in [0.2, 0.25) is 0 Å². The second-order valence-electron chi connectivity index (χ2n) is 8.75. The molecular formula is C27H25N3O4S. The zero-order valence-electron chi connectivity index (χ0n) is 20.0. The number of carbonyl (C=O) groups excluding carboxylic acids is 2. The lowest BCUT2D eigenvalue weighted by Gasteiger charge is -2.28. The first-order valence-electron chi connectivity index (χ1n) is 11.5. The van der Waals surface area contributed by atoms with Crippen LogP contribution in [0.15, 0.2) is 52.9 Å². The average molecular weight is 488 g/mol. The molecule has 178 valence electrons. The highest BCUT2D eigenvalue weighted by Crippen LogP contribution is 2.35. The van der Waals surface area contributed by atoms with E-state index in [1.807, 2.05) is 38.3 Å². The van der Waals surface area contributed by atoms with Crippen LogP contribution in [0.4, 0.5) is 5.69 Å². The van der Waals surface area contributed by atoms with E-state index in [0.717, 1.165) is 22.3 Å². The quantitative estimate of drug-likeness (QED) is 0.373. The van der Waals surface area contributed by atoms with E-state index in [1.165, 1.54) is 22.2 Å². The number of likely N-dealkylation sites (N-methyl/N-ethyl adjacent to an activating group) is 1. The summed E-state index contributed by atoms with van der Waals surface area (Å²) in [6.45, 7) is 8.08. The summed E-state index contributed by atoms with van der Waals surface area (Å²) in [4.78, 5) is 46.0. The van der Waals surface area contributed by atoms with E-state index >= 15 is 0 Å². The molecule has 2 aromatic carbocycles. The number of benzene rings is 2. The van der Waals surface area contributed by atoms with Crippen molar-refractivity contribution in [3.63, 3.8) is 0 Å². The Hall–Kier alpha value is -3.78. The van der Waals surface area contributed by atoms with Crippen LogP contribution in [0, 0.1) is 13.8 Å². The SMILES string of the molecule is CCN1C(=O)COc2ccc(C(=O)C(C)n3cnc4scc(-c5ccc(C)cc5C)c4c3=O)cc21. The molecule has 0 spiro atoms. The van der Waals surface area contributed by atoms with Gasteiger partial charge in [-0.15, -0.1) is 11.3 Å². The first kappa shape index (κ1) is 23.0. The highest BCUT2D eigenvalue weighted by molar-refractivity contribution is 7.17. The first-order valence-corrected chi connectivity index (χ1v) is 12.4. The maximum Gasteiger partial charge on any atom is 0.265 e. The van der Waals surface area contributed by atoms with Crippen LogP contribution in [-0.2, 0) is 4.79 Å². The Morgan fingerprint density at radius 1 is 1.14 bits per heavy atom. The van der Waals surface area contributed by atoms with Crippen LogP contribution >= 0.6 is 11.3 Å². The summed E-state index contributed by atoms with van der Waals surface area (Å²) in [6, 6.07) is 10.4. The normalized spacial score (nSPS) is 14.1. The molecule has 0 bridgehead atoms. The number of amides is 1. The Kier molecular flexibility index (Phi) is 5.76. The van der Waals surface area contributed by atoms with Crippen LogP contribution in [-0.4, -0.2) is 34.4 Å². The number of carbonyl (C=O) groups is 2. The van der Waals surface area contributed by atoms with Crippen LogP contribution in [0.1, 0.15) is 41.4 Å². The van der Waals surface area contributed by atoms with E-state index in [9.17, 15) is 14.4 Å². The maximum absolute atomic E-state index is 13.6. The van der Waals surface area contributed by atoms with Crippen molar-refractivity contribution < 1.29 is 14.3 Å². The number of hydrogen-bond acceptors (Lipinski definition) is 6. The van der Waals surface area contributed by atoms with Gasteiger partial charge in [-0.2, -0.15) is 0 Å². The standard InChI is InChI=1S/C27H25N3O4S/c1-5-29-21-11-18(7-9-22(21)34-12-23(29)31)25(32)17(4)30-14-28-26-24(27(30)33)20(13-35-26)19-8-6-15(2)10-16(19)3/h6-11,13-14,17H,5,12H2,1-4H3. The molecule has 1 aliphatic rings. The number of nitrogens with zero attached hydrogens (tertiary/aromatic N) is 3. The smallest absolute Gasteiger partial charge is 0.265 e. The number of rotatable bonds is 5. The van der Waals surface area contributed by atoms with Crippen molar-refractivity contribution in [1.82, 2.24) is 9.55 Å². The molecule has 2 aromatic heterocycles. The van der Waals surface area contributed by atoms with Gasteiger partial charge >= 0.3 is 0 Å². The minimum Gasteiger partial charge on any atom is -0.482 e. The summed E-state index contributed by atoms with van der Waals surface area (Å²) in [7, 11) is 0. The maximum atomic E-state index is 13.6. The van der Waals surface area contributed by atoms with Gasteiger partial charge in [0.05, 0.1) is 23.4 Å². The number of thiophene rings is 1. The summed E-state index contributed by atoms with van der Waals surface area (Å²) in [5, 5.41) is 2.47. The Morgan fingerprint density at radius 2 is 1.94 bits per heavy atom. The molecule has 1 unspecified atom stereocenters. The fourth-order valence-corrected chi connectivity index (χ4v) is 5.50. The number of aromatic nitrogens is 2. The van der Waals surface area contributed by atoms with Gasteiger partial charge < -0.3 is 9.64 Å². The molecule has 0 fully saturated rings. The van der Waals surface area contributed by atoms with Crippen LogP contribution in [0.25, 0.3) is 21.3 Å². The van der Waals surface area contributed by atoms with Crippen molar-refractivity contribution >= 4 is 38.9 Å². The minimum absolute atomic E-state index is 0.0188. The van der Waals surface area contributed by atoms with Crippen molar-refractivity contribution in [2.45, 2.75) is 33.7 Å². The van der Waals surface area contributed by atoms with E-state index in [1.54, 1.807) is 30.0 Å². The number of ether oxygens (including phenoxy) is 1. The lowest BCUT2D eigenvalue weighted by atomic mass is 9.99. The third kappa shape index (κ3) is 3.83. The minimum atomic E-state index is -0.778. The van der Waals surface area contributed by atoms with Crippen molar-refractivity contribution in [2.75, 3.05) is 18.1 Å². The monoisotopic (exact) mass is 487 g/mol. The van der Waals surface area contributed by atoms with Crippen molar-refractivity contribution in [1.29, 1.82) is 0 Å². The predicted molar refractivity (Wildman–Crippen MR) is 138 cm³/mol. The van der Waals surface area contributed by atoms with Crippen molar-refractivity contribution in [3.05, 3.63) is 75.1 Å². The van der Waals surface area contributed by atoms with Gasteiger partial charge in [0.2, 0.25) is 0 Å². The number of Topliss-reactive ketones (excluding diaryl/α,β-unsaturated/α-hetero) is 1. The fraction of sp³-hybridized carbons (Fsp3) is 0.259. The van der Waals surface area contributed by atoms with Gasteiger partial charge in [-0.1, -0.05) is 23.8 Å². The zero-order chi connectivity index (χ0) is 24.9. The van der Waals surface area contributed by atoms with Gasteiger partial charge in [-0.3, -0.25) is 19.0 Å². The highest BCUT2D eigenvalue weighted by atomic mass is 32.1. The Labute approximate surface area is 206 Å². The summed E-state index contributed by atoms with van der Waals surface area (Å²) in [5.41, 5.74) is 4.76. The lowest BCUT2D eigenvalue weighted by molar-refractivity contribution is -0.121. The molecule has 0 saturated heterocycles. The van der Waals surface area contributed by atoms with Gasteiger partial charge in [0.1, 0.15) is 10.6 Å². The molecule has 7 nitrogen and oxygen atoms in total. The topological polar surface area (TPSA) is 81.5 Å². The number of anilines is 1. The van der Waals surface area contributed by atoms with Gasteiger partial charge in [0.15, 0.2) is 12.4 Å². The Balaban J connectivity index is 1.56. The summed E-state index contributed by atoms with van der Waals surface area (Å²) in [5.74, 6) is 0.167. The molecule has 1 atom stereocenters. The third-order valence-corrected chi connectivity index (χ3v) is 7.38. The van der Waals surface area contributed by atoms with Gasteiger partial charge in [-0.05, 0) is 57.0 Å². The van der Waals surface area contributed by atoms with Crippen LogP contribution in [0.3, 0.4) is 0 Å². The van der Waals surface area contributed by atoms with E-state index < -0.39 is 6.04 Å². The number of hydrogen-bond donors (Lipinski definition) is 0. The Morgan fingerprint density at radius 3 is 2.69 bits per heavy atom. The molecule has 0 aliphatic carbocycles. The number of fused-ring (bicyclic) bond motifs is 2. The van der Waals surface area contributed by atoms with Crippen molar-refractivity contribution in [2.24, 2.45) is 0 Å². The van der Waals surface area contributed by atoms with Crippen molar-refractivity contribution in [3.8, 4) is 16.9 Å². The van der Waals surface area contributed by atoms with Crippen LogP contribution < -0.4 is 15.2 Å². The molecule has 0 radical (unpaired) electrons. The molecule has 35 heavy (non-hydrogen) atoms. The van der Waals surface area contributed by atoms with Crippen LogP contribution in [0.5, 0.6) is 5.75 Å². The summed E-state index contributed by atoms with van der Waals surface area (Å²) < 4.78 is 6.90. The lowest BCUT2D eigenvalue weighted by Crippen LogP contribution is -2.38. The molecule has 8 heteroatoms. The second-order valence-corrected chi connectivity index (χ2v) is 9.61. The molecular weight excluding hydrogens is 462 g/mol. The molecule has 1 amide bonds. The van der Waals surface area contributed by atoms with Gasteiger partial charge in [-0.25, -0.2) is 4.98 Å². The summed E-state index contributed by atoms with van der Waals surface area (Å²) in [6.07, 6.45) is 1.44. The van der Waals surface area contributed by atoms with E-state index in [0.29, 0.717) is 33.8 Å². The van der Waals surface area contributed by atoms with E-state index in [2.05, 4.69) is 11.1 Å². The molecule has 5 rings (SSSR count). The summed E-state index contributed by atoms with van der Waals surface area (Å²) >= 11 is 1.42. The highest BCUT2D eigenvalue weighted by Gasteiger charge is 2.27. The van der Waals surface area contributed by atoms with Gasteiger partial charge in [0, 0.05) is 23.1 Å². The number of aryl methyl sites for hydroxylation is 2. The average Bonchev–Trinajstić information content (AvgIpc) is 3.28. The number of ketones is 1. The first-order chi connectivity index (χ1) is 16.8. The van der Waals surface area contributed by atoms with E-state index in [-0.39, 0.29) is 23.9 Å². The third-order valence-electron chi connectivity index (χ3n) is 6.49. The second kappa shape index (κ2) is 8.78. The fourth-order valence-electron chi connectivity index (χ4n) is 4.61. The van der Waals surface area contributed by atoms with Gasteiger partial charge in [0.25, 0.3) is 11.5 Å².